The van der Waals surface area contributed by atoms with E-state index < -0.39 is 6.04 Å². The number of ether oxygens (including phenoxy) is 1. The van der Waals surface area contributed by atoms with E-state index in [1.165, 1.54) is 0 Å². The molecule has 1 aliphatic heterocycles. The van der Waals surface area contributed by atoms with Gasteiger partial charge in [-0.05, 0) is 33.6 Å². The first-order chi connectivity index (χ1) is 7.85. The first kappa shape index (κ1) is 13.9. The van der Waals surface area contributed by atoms with Gasteiger partial charge in [0.05, 0.1) is 18.3 Å². The molecular weight excluding hydrogens is 218 g/mol. The molecule has 2 atom stereocenters. The van der Waals surface area contributed by atoms with Gasteiger partial charge in [-0.3, -0.25) is 4.79 Å². The molecule has 1 amide bonds. The Morgan fingerprint density at radius 3 is 2.82 bits per heavy atom. The van der Waals surface area contributed by atoms with Crippen LogP contribution >= 0.6 is 0 Å². The number of likely N-dealkylation sites (tertiary alicyclic amines) is 1. The van der Waals surface area contributed by atoms with E-state index in [4.69, 9.17) is 15.7 Å². The van der Waals surface area contributed by atoms with Crippen LogP contribution in [0.5, 0.6) is 0 Å². The zero-order valence-corrected chi connectivity index (χ0v) is 10.8. The molecule has 0 radical (unpaired) electrons. The van der Waals surface area contributed by atoms with E-state index in [2.05, 4.69) is 6.07 Å². The highest BCUT2D eigenvalue weighted by atomic mass is 16.5. The average molecular weight is 239 g/mol. The van der Waals surface area contributed by atoms with E-state index in [0.717, 1.165) is 12.8 Å². The van der Waals surface area contributed by atoms with Crippen LogP contribution in [0.1, 0.15) is 33.6 Å². The summed E-state index contributed by atoms with van der Waals surface area (Å²) in [5, 5.41) is 8.91. The summed E-state index contributed by atoms with van der Waals surface area (Å²) in [6, 6.07) is 1.14. The predicted molar refractivity (Wildman–Crippen MR) is 64.0 cm³/mol. The Balaban J connectivity index is 2.49. The Morgan fingerprint density at radius 2 is 2.29 bits per heavy atom. The normalized spacial score (nSPS) is 22.3. The molecule has 0 aromatic rings. The molecule has 1 heterocycles. The quantitative estimate of drug-likeness (QED) is 0.784. The molecule has 1 rings (SSSR count). The average Bonchev–Trinajstić information content (AvgIpc) is 2.71. The van der Waals surface area contributed by atoms with Crippen molar-refractivity contribution in [2.75, 3.05) is 13.2 Å². The minimum atomic E-state index is -0.678. The zero-order valence-electron chi connectivity index (χ0n) is 10.8. The summed E-state index contributed by atoms with van der Waals surface area (Å²) in [5.41, 5.74) is 5.49. The Bertz CT molecular complexity index is 317. The standard InChI is InChI=1S/C12H21N3O2/c1-12(2,3)17-8-10(14)11(16)15-6-4-5-9(15)7-13/h9-10H,4-6,8,14H2,1-3H3/t9-,10-/m0/s1. The molecular formula is C12H21N3O2. The highest BCUT2D eigenvalue weighted by Gasteiger charge is 2.32. The SMILES string of the molecule is CC(C)(C)OC[C@H](N)C(=O)N1CCC[C@H]1C#N. The Labute approximate surface area is 103 Å². The van der Waals surface area contributed by atoms with Crippen molar-refractivity contribution in [2.24, 2.45) is 5.73 Å². The lowest BCUT2D eigenvalue weighted by Gasteiger charge is -2.26. The third kappa shape index (κ3) is 3.99. The zero-order chi connectivity index (χ0) is 13.1. The predicted octanol–water partition coefficient (Wildman–Crippen LogP) is 0.643. The number of carbonyl (C=O) groups is 1. The van der Waals surface area contributed by atoms with Crippen LogP contribution in [-0.2, 0) is 9.53 Å². The summed E-state index contributed by atoms with van der Waals surface area (Å²) in [5.74, 6) is -0.182. The maximum absolute atomic E-state index is 12.0. The maximum Gasteiger partial charge on any atom is 0.242 e. The third-order valence-corrected chi connectivity index (χ3v) is 2.70. The number of carbonyl (C=O) groups excluding carboxylic acids is 1. The second-order valence-electron chi connectivity index (χ2n) is 5.35. The van der Waals surface area contributed by atoms with Gasteiger partial charge >= 0.3 is 0 Å². The Kier molecular flexibility index (Phi) is 4.49. The first-order valence-corrected chi connectivity index (χ1v) is 5.95. The van der Waals surface area contributed by atoms with E-state index in [0.29, 0.717) is 6.54 Å². The highest BCUT2D eigenvalue weighted by Crippen LogP contribution is 2.17. The summed E-state index contributed by atoms with van der Waals surface area (Å²) in [4.78, 5) is 13.6. The summed E-state index contributed by atoms with van der Waals surface area (Å²) >= 11 is 0. The van der Waals surface area contributed by atoms with Crippen molar-refractivity contribution in [1.29, 1.82) is 5.26 Å². The molecule has 17 heavy (non-hydrogen) atoms. The van der Waals surface area contributed by atoms with Crippen molar-refractivity contribution in [1.82, 2.24) is 4.90 Å². The molecule has 0 unspecified atom stereocenters. The van der Waals surface area contributed by atoms with Crippen LogP contribution in [0.4, 0.5) is 0 Å². The highest BCUT2D eigenvalue weighted by molar-refractivity contribution is 5.82. The number of nitrogens with two attached hydrogens (primary N) is 1. The fraction of sp³-hybridized carbons (Fsp3) is 0.833. The number of nitriles is 1. The van der Waals surface area contributed by atoms with Crippen molar-refractivity contribution in [2.45, 2.75) is 51.3 Å². The molecule has 5 heteroatoms. The number of hydrogen-bond acceptors (Lipinski definition) is 4. The van der Waals surface area contributed by atoms with Gasteiger partial charge in [-0.15, -0.1) is 0 Å². The smallest absolute Gasteiger partial charge is 0.242 e. The van der Waals surface area contributed by atoms with Gasteiger partial charge in [-0.2, -0.15) is 5.26 Å². The molecule has 2 N–H and O–H groups in total. The van der Waals surface area contributed by atoms with Gasteiger partial charge in [0, 0.05) is 6.54 Å². The number of amides is 1. The number of rotatable bonds is 3. The van der Waals surface area contributed by atoms with Crippen LogP contribution in [-0.4, -0.2) is 41.6 Å². The summed E-state index contributed by atoms with van der Waals surface area (Å²) in [6.07, 6.45) is 1.62. The lowest BCUT2D eigenvalue weighted by atomic mass is 10.2. The molecule has 0 bridgehead atoms. The van der Waals surface area contributed by atoms with Gasteiger partial charge in [0.2, 0.25) is 5.91 Å². The topological polar surface area (TPSA) is 79.3 Å². The number of hydrogen-bond donors (Lipinski definition) is 1. The van der Waals surface area contributed by atoms with Crippen LogP contribution in [0.25, 0.3) is 0 Å². The molecule has 0 aromatic carbocycles. The van der Waals surface area contributed by atoms with Crippen LogP contribution in [0.2, 0.25) is 0 Å². The lowest BCUT2D eigenvalue weighted by Crippen LogP contribution is -2.48. The van der Waals surface area contributed by atoms with Gasteiger partial charge in [-0.25, -0.2) is 0 Å². The van der Waals surface area contributed by atoms with E-state index in [1.807, 2.05) is 20.8 Å². The summed E-state index contributed by atoms with van der Waals surface area (Å²) in [7, 11) is 0. The largest absolute Gasteiger partial charge is 0.374 e. The molecule has 0 aromatic heterocycles. The van der Waals surface area contributed by atoms with Crippen LogP contribution in [0, 0.1) is 11.3 Å². The van der Waals surface area contributed by atoms with Gasteiger partial charge < -0.3 is 15.4 Å². The molecule has 0 aliphatic carbocycles. The molecule has 0 saturated carbocycles. The van der Waals surface area contributed by atoms with Crippen molar-refractivity contribution >= 4 is 5.91 Å². The van der Waals surface area contributed by atoms with Gasteiger partial charge in [-0.1, -0.05) is 0 Å². The van der Waals surface area contributed by atoms with Crippen molar-refractivity contribution in [3.63, 3.8) is 0 Å². The summed E-state index contributed by atoms with van der Waals surface area (Å²) in [6.45, 7) is 6.56. The Morgan fingerprint density at radius 1 is 1.65 bits per heavy atom. The minimum Gasteiger partial charge on any atom is -0.374 e. The maximum atomic E-state index is 12.0. The van der Waals surface area contributed by atoms with Crippen molar-refractivity contribution in [3.05, 3.63) is 0 Å². The molecule has 96 valence electrons. The van der Waals surface area contributed by atoms with Crippen LogP contribution in [0.15, 0.2) is 0 Å². The second-order valence-corrected chi connectivity index (χ2v) is 5.35. The van der Waals surface area contributed by atoms with Crippen LogP contribution < -0.4 is 5.73 Å². The molecule has 1 fully saturated rings. The molecule has 5 nitrogen and oxygen atoms in total. The summed E-state index contributed by atoms with van der Waals surface area (Å²) < 4.78 is 5.49. The van der Waals surface area contributed by atoms with E-state index in [1.54, 1.807) is 4.90 Å². The monoisotopic (exact) mass is 239 g/mol. The van der Waals surface area contributed by atoms with Crippen molar-refractivity contribution < 1.29 is 9.53 Å². The van der Waals surface area contributed by atoms with Gasteiger partial charge in [0.1, 0.15) is 12.1 Å². The van der Waals surface area contributed by atoms with Gasteiger partial charge in [0.15, 0.2) is 0 Å². The van der Waals surface area contributed by atoms with Gasteiger partial charge in [0.25, 0.3) is 0 Å². The molecule has 1 aliphatic rings. The second kappa shape index (κ2) is 5.48. The van der Waals surface area contributed by atoms with Crippen molar-refractivity contribution in [3.8, 4) is 6.07 Å². The Hall–Kier alpha value is -1.12. The number of nitrogens with zero attached hydrogens (tertiary/aromatic N) is 2. The van der Waals surface area contributed by atoms with E-state index in [-0.39, 0.29) is 24.2 Å². The fourth-order valence-corrected chi connectivity index (χ4v) is 1.79. The van der Waals surface area contributed by atoms with E-state index >= 15 is 0 Å². The van der Waals surface area contributed by atoms with Crippen LogP contribution in [0.3, 0.4) is 0 Å². The lowest BCUT2D eigenvalue weighted by molar-refractivity contribution is -0.135. The minimum absolute atomic E-state index is 0.182. The first-order valence-electron chi connectivity index (χ1n) is 5.95. The molecule has 1 saturated heterocycles. The van der Waals surface area contributed by atoms with E-state index in [9.17, 15) is 4.79 Å². The molecule has 0 spiro atoms. The third-order valence-electron chi connectivity index (χ3n) is 2.70. The fourth-order valence-electron chi connectivity index (χ4n) is 1.79.